The van der Waals surface area contributed by atoms with E-state index in [1.165, 1.54) is 5.57 Å². The number of aryl methyl sites for hydroxylation is 1. The molecule has 1 aromatic heterocycles. The van der Waals surface area contributed by atoms with Gasteiger partial charge < -0.3 is 15.2 Å². The van der Waals surface area contributed by atoms with E-state index in [0.29, 0.717) is 12.4 Å². The Labute approximate surface area is 93.1 Å². The molecule has 2 heterocycles. The number of aromatic nitrogens is 2. The monoisotopic (exact) mass is 222 g/mol. The zero-order valence-corrected chi connectivity index (χ0v) is 9.12. The molecular formula is C10H14N4O2. The molecule has 0 fully saturated rings. The maximum atomic E-state index is 11.6. The molecule has 0 spiro atoms. The van der Waals surface area contributed by atoms with Crippen molar-refractivity contribution in [3.8, 4) is 0 Å². The number of nitrogens with one attached hydrogen (secondary N) is 2. The van der Waals surface area contributed by atoms with Gasteiger partial charge in [0.05, 0.1) is 0 Å². The molecule has 0 bridgehead atoms. The standard InChI is InChI=1S/C10H14N4O2/c1-7-13-9(14-16-7)10(15)12-6-8-2-4-11-5-3-8/h2,11H,3-6H2,1H3,(H,12,15). The molecule has 16 heavy (non-hydrogen) atoms. The van der Waals surface area contributed by atoms with Crippen LogP contribution in [0.15, 0.2) is 16.2 Å². The predicted octanol–water partition coefficient (Wildman–Crippen LogP) is 0.0275. The van der Waals surface area contributed by atoms with Crippen molar-refractivity contribution in [2.24, 2.45) is 0 Å². The SMILES string of the molecule is Cc1nc(C(=O)NCC2=CCNCC2)no1. The van der Waals surface area contributed by atoms with E-state index in [2.05, 4.69) is 26.9 Å². The maximum Gasteiger partial charge on any atom is 0.292 e. The van der Waals surface area contributed by atoms with Crippen LogP contribution in [0.25, 0.3) is 0 Å². The van der Waals surface area contributed by atoms with E-state index in [-0.39, 0.29) is 11.7 Å². The summed E-state index contributed by atoms with van der Waals surface area (Å²) in [5.41, 5.74) is 1.23. The molecule has 1 amide bonds. The smallest absolute Gasteiger partial charge is 0.292 e. The summed E-state index contributed by atoms with van der Waals surface area (Å²) in [5, 5.41) is 9.52. The lowest BCUT2D eigenvalue weighted by Gasteiger charge is -2.13. The van der Waals surface area contributed by atoms with Crippen molar-refractivity contribution in [3.05, 3.63) is 23.4 Å². The lowest BCUT2D eigenvalue weighted by molar-refractivity contribution is 0.0943. The summed E-state index contributed by atoms with van der Waals surface area (Å²) >= 11 is 0. The summed E-state index contributed by atoms with van der Waals surface area (Å²) in [6, 6.07) is 0. The molecule has 0 radical (unpaired) electrons. The highest BCUT2D eigenvalue weighted by molar-refractivity contribution is 5.90. The van der Waals surface area contributed by atoms with E-state index in [1.807, 2.05) is 0 Å². The molecule has 0 saturated carbocycles. The highest BCUT2D eigenvalue weighted by Crippen LogP contribution is 2.02. The van der Waals surface area contributed by atoms with Gasteiger partial charge in [0.2, 0.25) is 5.89 Å². The van der Waals surface area contributed by atoms with E-state index in [9.17, 15) is 4.79 Å². The molecule has 6 nitrogen and oxygen atoms in total. The highest BCUT2D eigenvalue weighted by Gasteiger charge is 2.13. The Morgan fingerprint density at radius 1 is 1.69 bits per heavy atom. The molecule has 86 valence electrons. The number of carbonyl (C=O) groups is 1. The fourth-order valence-electron chi connectivity index (χ4n) is 1.49. The summed E-state index contributed by atoms with van der Waals surface area (Å²) in [6.45, 7) is 4.03. The fourth-order valence-corrected chi connectivity index (χ4v) is 1.49. The van der Waals surface area contributed by atoms with E-state index in [0.717, 1.165) is 19.5 Å². The van der Waals surface area contributed by atoms with Gasteiger partial charge >= 0.3 is 0 Å². The third-order valence-corrected chi connectivity index (χ3v) is 2.36. The van der Waals surface area contributed by atoms with Gasteiger partial charge in [-0.2, -0.15) is 4.98 Å². The second-order valence-electron chi connectivity index (χ2n) is 3.64. The zero-order valence-electron chi connectivity index (χ0n) is 9.12. The Morgan fingerprint density at radius 2 is 2.56 bits per heavy atom. The summed E-state index contributed by atoms with van der Waals surface area (Å²) in [7, 11) is 0. The molecule has 6 heteroatoms. The Hall–Kier alpha value is -1.69. The molecule has 0 aromatic carbocycles. The van der Waals surface area contributed by atoms with Crippen LogP contribution in [-0.2, 0) is 0 Å². The van der Waals surface area contributed by atoms with Crippen molar-refractivity contribution in [3.63, 3.8) is 0 Å². The molecule has 1 aromatic rings. The average Bonchev–Trinajstić information content (AvgIpc) is 2.74. The molecule has 1 aliphatic heterocycles. The number of amides is 1. The summed E-state index contributed by atoms with van der Waals surface area (Å²) in [5.74, 6) is 0.189. The van der Waals surface area contributed by atoms with Crippen LogP contribution in [0.1, 0.15) is 22.9 Å². The van der Waals surface area contributed by atoms with E-state index < -0.39 is 0 Å². The van der Waals surface area contributed by atoms with Crippen LogP contribution in [0, 0.1) is 6.92 Å². The second kappa shape index (κ2) is 4.89. The minimum atomic E-state index is -0.295. The van der Waals surface area contributed by atoms with Crippen LogP contribution in [0.3, 0.4) is 0 Å². The lowest BCUT2D eigenvalue weighted by atomic mass is 10.1. The first-order chi connectivity index (χ1) is 7.75. The van der Waals surface area contributed by atoms with E-state index >= 15 is 0 Å². The van der Waals surface area contributed by atoms with Crippen LogP contribution in [0.4, 0.5) is 0 Å². The van der Waals surface area contributed by atoms with Crippen molar-refractivity contribution in [2.45, 2.75) is 13.3 Å². The van der Waals surface area contributed by atoms with Gasteiger partial charge in [-0.15, -0.1) is 0 Å². The van der Waals surface area contributed by atoms with Crippen molar-refractivity contribution in [2.75, 3.05) is 19.6 Å². The van der Waals surface area contributed by atoms with Crippen LogP contribution >= 0.6 is 0 Å². The summed E-state index contributed by atoms with van der Waals surface area (Å²) in [6.07, 6.45) is 3.05. The van der Waals surface area contributed by atoms with Crippen LogP contribution in [-0.4, -0.2) is 35.7 Å². The minimum Gasteiger partial charge on any atom is -0.345 e. The first-order valence-electron chi connectivity index (χ1n) is 5.23. The van der Waals surface area contributed by atoms with Crippen molar-refractivity contribution in [1.82, 2.24) is 20.8 Å². The number of hydrogen-bond acceptors (Lipinski definition) is 5. The number of carbonyl (C=O) groups excluding carboxylic acids is 1. The van der Waals surface area contributed by atoms with Crippen molar-refractivity contribution >= 4 is 5.91 Å². The van der Waals surface area contributed by atoms with Crippen molar-refractivity contribution in [1.29, 1.82) is 0 Å². The molecule has 0 saturated heterocycles. The highest BCUT2D eigenvalue weighted by atomic mass is 16.5. The van der Waals surface area contributed by atoms with E-state index in [1.54, 1.807) is 6.92 Å². The molecule has 0 aliphatic carbocycles. The van der Waals surface area contributed by atoms with Gasteiger partial charge in [-0.05, 0) is 13.0 Å². The summed E-state index contributed by atoms with van der Waals surface area (Å²) < 4.78 is 4.73. The minimum absolute atomic E-state index is 0.0898. The largest absolute Gasteiger partial charge is 0.345 e. The number of hydrogen-bond donors (Lipinski definition) is 2. The Kier molecular flexibility index (Phi) is 3.31. The van der Waals surface area contributed by atoms with Gasteiger partial charge in [0, 0.05) is 20.0 Å². The molecule has 0 atom stereocenters. The second-order valence-corrected chi connectivity index (χ2v) is 3.64. The Bertz CT molecular complexity index is 411. The number of nitrogens with zero attached hydrogens (tertiary/aromatic N) is 2. The first kappa shape index (κ1) is 10.8. The third-order valence-electron chi connectivity index (χ3n) is 2.36. The zero-order chi connectivity index (χ0) is 11.4. The quantitative estimate of drug-likeness (QED) is 0.705. The Morgan fingerprint density at radius 3 is 3.19 bits per heavy atom. The van der Waals surface area contributed by atoms with Gasteiger partial charge in [0.15, 0.2) is 0 Å². The van der Waals surface area contributed by atoms with Crippen LogP contribution in [0.2, 0.25) is 0 Å². The normalized spacial score (nSPS) is 15.7. The molecule has 1 aliphatic rings. The van der Waals surface area contributed by atoms with Gasteiger partial charge in [0.1, 0.15) is 0 Å². The van der Waals surface area contributed by atoms with Crippen molar-refractivity contribution < 1.29 is 9.32 Å². The Balaban J connectivity index is 1.86. The topological polar surface area (TPSA) is 80.0 Å². The van der Waals surface area contributed by atoms with Gasteiger partial charge in [-0.1, -0.05) is 16.8 Å². The fraction of sp³-hybridized carbons (Fsp3) is 0.500. The lowest BCUT2D eigenvalue weighted by Crippen LogP contribution is -2.30. The van der Waals surface area contributed by atoms with E-state index in [4.69, 9.17) is 4.52 Å². The molecule has 0 unspecified atom stereocenters. The average molecular weight is 222 g/mol. The van der Waals surface area contributed by atoms with Gasteiger partial charge in [-0.25, -0.2) is 0 Å². The molecule has 2 N–H and O–H groups in total. The maximum absolute atomic E-state index is 11.6. The van der Waals surface area contributed by atoms with Crippen LogP contribution in [0.5, 0.6) is 0 Å². The van der Waals surface area contributed by atoms with Gasteiger partial charge in [0.25, 0.3) is 11.7 Å². The van der Waals surface area contributed by atoms with Gasteiger partial charge in [-0.3, -0.25) is 4.79 Å². The predicted molar refractivity (Wildman–Crippen MR) is 56.9 cm³/mol. The summed E-state index contributed by atoms with van der Waals surface area (Å²) in [4.78, 5) is 15.4. The first-order valence-corrected chi connectivity index (χ1v) is 5.23. The molecule has 2 rings (SSSR count). The number of rotatable bonds is 3. The van der Waals surface area contributed by atoms with Crippen LogP contribution < -0.4 is 10.6 Å². The third kappa shape index (κ3) is 2.66. The molecular weight excluding hydrogens is 208 g/mol.